The molecule has 1 aromatic rings. The van der Waals surface area contributed by atoms with Crippen LogP contribution in [-0.4, -0.2) is 35.8 Å². The first kappa shape index (κ1) is 12.3. The molecule has 0 bridgehead atoms. The maximum Gasteiger partial charge on any atom is 0.257 e. The van der Waals surface area contributed by atoms with E-state index in [0.717, 1.165) is 25.8 Å². The Balaban J connectivity index is 1.49. The highest BCUT2D eigenvalue weighted by Gasteiger charge is 2.30. The largest absolute Gasteiger partial charge is 0.472 e. The Bertz CT molecular complexity index is 465. The first-order chi connectivity index (χ1) is 9.22. The molecule has 1 N–H and O–H groups in total. The second-order valence-electron chi connectivity index (χ2n) is 5.46. The predicted molar refractivity (Wildman–Crippen MR) is 68.5 cm³/mol. The summed E-state index contributed by atoms with van der Waals surface area (Å²) in [5, 5.41) is 2.99. The van der Waals surface area contributed by atoms with Gasteiger partial charge in [0.15, 0.2) is 0 Å². The van der Waals surface area contributed by atoms with E-state index in [2.05, 4.69) is 5.32 Å². The van der Waals surface area contributed by atoms with Gasteiger partial charge in [-0.3, -0.25) is 9.59 Å². The lowest BCUT2D eigenvalue weighted by molar-refractivity contribution is -0.122. The lowest BCUT2D eigenvalue weighted by atomic mass is 10.0. The van der Waals surface area contributed by atoms with Crippen molar-refractivity contribution in [2.75, 3.05) is 13.1 Å². The van der Waals surface area contributed by atoms with Gasteiger partial charge in [0.2, 0.25) is 5.91 Å². The Hall–Kier alpha value is -1.78. The molecule has 1 saturated heterocycles. The summed E-state index contributed by atoms with van der Waals surface area (Å²) in [6, 6.07) is 2.09. The molecule has 3 rings (SSSR count). The maximum atomic E-state index is 12.1. The van der Waals surface area contributed by atoms with Gasteiger partial charge in [0, 0.05) is 25.6 Å². The smallest absolute Gasteiger partial charge is 0.257 e. The van der Waals surface area contributed by atoms with E-state index in [-0.39, 0.29) is 17.7 Å². The number of likely N-dealkylation sites (tertiary alicyclic amines) is 1. The van der Waals surface area contributed by atoms with Crippen LogP contribution in [0.5, 0.6) is 0 Å². The molecule has 2 amide bonds. The summed E-state index contributed by atoms with van der Waals surface area (Å²) in [5.41, 5.74) is 0.586. The van der Waals surface area contributed by atoms with Crippen molar-refractivity contribution in [3.63, 3.8) is 0 Å². The minimum absolute atomic E-state index is 0.00106. The standard InChI is InChI=1S/C14H18N2O3/c17-13(15-12-1-2-12)7-10-3-5-16(8-10)14(18)11-4-6-19-9-11/h4,6,9-10,12H,1-3,5,7-8H2,(H,15,17)/t10-/m1/s1. The van der Waals surface area contributed by atoms with E-state index >= 15 is 0 Å². The van der Waals surface area contributed by atoms with E-state index in [1.165, 1.54) is 12.5 Å². The second kappa shape index (κ2) is 5.07. The zero-order valence-electron chi connectivity index (χ0n) is 10.8. The summed E-state index contributed by atoms with van der Waals surface area (Å²) in [6.45, 7) is 1.40. The minimum Gasteiger partial charge on any atom is -0.472 e. The van der Waals surface area contributed by atoms with Crippen LogP contribution in [0.15, 0.2) is 23.0 Å². The summed E-state index contributed by atoms with van der Waals surface area (Å²) in [5.74, 6) is 0.415. The highest BCUT2D eigenvalue weighted by Crippen LogP contribution is 2.23. The predicted octanol–water partition coefficient (Wildman–Crippen LogP) is 1.41. The number of nitrogens with zero attached hydrogens (tertiary/aromatic N) is 1. The Morgan fingerprint density at radius 3 is 2.89 bits per heavy atom. The van der Waals surface area contributed by atoms with Crippen LogP contribution in [0.3, 0.4) is 0 Å². The summed E-state index contributed by atoms with van der Waals surface area (Å²) in [6.07, 6.45) is 6.63. The SMILES string of the molecule is O=C(C[C@H]1CCN(C(=O)c2ccoc2)C1)NC1CC1. The van der Waals surface area contributed by atoms with Gasteiger partial charge in [-0.2, -0.15) is 0 Å². The average molecular weight is 262 g/mol. The number of rotatable bonds is 4. The van der Waals surface area contributed by atoms with Crippen LogP contribution in [0, 0.1) is 5.92 Å². The van der Waals surface area contributed by atoms with Crippen molar-refractivity contribution >= 4 is 11.8 Å². The van der Waals surface area contributed by atoms with Crippen LogP contribution in [0.2, 0.25) is 0 Å². The number of hydrogen-bond donors (Lipinski definition) is 1. The number of carbonyl (C=O) groups is 2. The fraction of sp³-hybridized carbons (Fsp3) is 0.571. The molecule has 0 radical (unpaired) electrons. The number of carbonyl (C=O) groups excluding carboxylic acids is 2. The van der Waals surface area contributed by atoms with Crippen molar-refractivity contribution in [2.24, 2.45) is 5.92 Å². The van der Waals surface area contributed by atoms with Gasteiger partial charge in [-0.1, -0.05) is 0 Å². The van der Waals surface area contributed by atoms with E-state index in [0.29, 0.717) is 24.6 Å². The fourth-order valence-electron chi connectivity index (χ4n) is 2.53. The van der Waals surface area contributed by atoms with Crippen LogP contribution >= 0.6 is 0 Å². The molecule has 5 nitrogen and oxygen atoms in total. The molecule has 1 saturated carbocycles. The third kappa shape index (κ3) is 2.97. The molecule has 2 aliphatic rings. The summed E-state index contributed by atoms with van der Waals surface area (Å²) >= 11 is 0. The molecular formula is C14H18N2O3. The highest BCUT2D eigenvalue weighted by atomic mass is 16.3. The number of amides is 2. The molecule has 19 heavy (non-hydrogen) atoms. The Morgan fingerprint density at radius 1 is 1.37 bits per heavy atom. The van der Waals surface area contributed by atoms with Gasteiger partial charge in [-0.05, 0) is 31.2 Å². The number of hydrogen-bond acceptors (Lipinski definition) is 3. The van der Waals surface area contributed by atoms with Crippen LogP contribution < -0.4 is 5.32 Å². The normalized spacial score (nSPS) is 22.5. The summed E-state index contributed by atoms with van der Waals surface area (Å²) < 4.78 is 4.93. The van der Waals surface area contributed by atoms with Crippen molar-refractivity contribution in [3.8, 4) is 0 Å². The Kier molecular flexibility index (Phi) is 3.27. The van der Waals surface area contributed by atoms with E-state index in [1.54, 1.807) is 11.0 Å². The molecule has 1 aromatic heterocycles. The first-order valence-corrected chi connectivity index (χ1v) is 6.83. The zero-order valence-corrected chi connectivity index (χ0v) is 10.8. The van der Waals surface area contributed by atoms with Gasteiger partial charge in [0.05, 0.1) is 11.8 Å². The van der Waals surface area contributed by atoms with Gasteiger partial charge < -0.3 is 14.6 Å². The van der Waals surface area contributed by atoms with Gasteiger partial charge in [-0.15, -0.1) is 0 Å². The molecule has 1 atom stereocenters. The molecule has 0 aromatic carbocycles. The first-order valence-electron chi connectivity index (χ1n) is 6.83. The summed E-state index contributed by atoms with van der Waals surface area (Å²) in [7, 11) is 0. The molecule has 1 aliphatic heterocycles. The average Bonchev–Trinajstić information content (AvgIpc) is 2.90. The van der Waals surface area contributed by atoms with Crippen molar-refractivity contribution in [3.05, 3.63) is 24.2 Å². The van der Waals surface area contributed by atoms with Gasteiger partial charge in [-0.25, -0.2) is 0 Å². The third-order valence-corrected chi connectivity index (χ3v) is 3.76. The van der Waals surface area contributed by atoms with Crippen LogP contribution in [0.4, 0.5) is 0 Å². The zero-order chi connectivity index (χ0) is 13.2. The molecule has 2 fully saturated rings. The summed E-state index contributed by atoms with van der Waals surface area (Å²) in [4.78, 5) is 25.6. The molecule has 1 aliphatic carbocycles. The Labute approximate surface area is 111 Å². The van der Waals surface area contributed by atoms with Crippen molar-refractivity contribution in [1.82, 2.24) is 10.2 Å². The lowest BCUT2D eigenvalue weighted by Gasteiger charge is -2.15. The number of nitrogens with one attached hydrogen (secondary N) is 1. The van der Waals surface area contributed by atoms with Crippen LogP contribution in [0.1, 0.15) is 36.0 Å². The number of furan rings is 1. The molecular weight excluding hydrogens is 244 g/mol. The van der Waals surface area contributed by atoms with Gasteiger partial charge in [0.1, 0.15) is 6.26 Å². The second-order valence-corrected chi connectivity index (χ2v) is 5.46. The fourth-order valence-corrected chi connectivity index (χ4v) is 2.53. The van der Waals surface area contributed by atoms with Gasteiger partial charge >= 0.3 is 0 Å². The molecule has 0 unspecified atom stereocenters. The van der Waals surface area contributed by atoms with E-state index in [9.17, 15) is 9.59 Å². The molecule has 2 heterocycles. The van der Waals surface area contributed by atoms with Crippen LogP contribution in [-0.2, 0) is 4.79 Å². The van der Waals surface area contributed by atoms with E-state index in [1.807, 2.05) is 0 Å². The molecule has 0 spiro atoms. The molecule has 5 heteroatoms. The quantitative estimate of drug-likeness (QED) is 0.892. The van der Waals surface area contributed by atoms with Crippen molar-refractivity contribution in [2.45, 2.75) is 31.7 Å². The van der Waals surface area contributed by atoms with Gasteiger partial charge in [0.25, 0.3) is 5.91 Å². The van der Waals surface area contributed by atoms with Crippen molar-refractivity contribution < 1.29 is 14.0 Å². The topological polar surface area (TPSA) is 62.6 Å². The van der Waals surface area contributed by atoms with Crippen LogP contribution in [0.25, 0.3) is 0 Å². The highest BCUT2D eigenvalue weighted by molar-refractivity contribution is 5.94. The lowest BCUT2D eigenvalue weighted by Crippen LogP contribution is -2.30. The molecule has 102 valence electrons. The maximum absolute atomic E-state index is 12.1. The van der Waals surface area contributed by atoms with Crippen molar-refractivity contribution in [1.29, 1.82) is 0 Å². The monoisotopic (exact) mass is 262 g/mol. The van der Waals surface area contributed by atoms with E-state index < -0.39 is 0 Å². The Morgan fingerprint density at radius 2 is 2.21 bits per heavy atom. The third-order valence-electron chi connectivity index (χ3n) is 3.76. The van der Waals surface area contributed by atoms with E-state index in [4.69, 9.17) is 4.42 Å². The minimum atomic E-state index is -0.00106.